The maximum atomic E-state index is 14.8. The third kappa shape index (κ3) is 3.93. The predicted molar refractivity (Wildman–Crippen MR) is 146 cm³/mol. The number of aryl methyl sites for hydroxylation is 1. The topological polar surface area (TPSA) is 57.3 Å². The first kappa shape index (κ1) is 22.6. The molecule has 1 radical (unpaired) electrons. The Bertz CT molecular complexity index is 1560. The minimum atomic E-state index is -0.317. The molecule has 5 heterocycles. The van der Waals surface area contributed by atoms with Crippen LogP contribution in [0.1, 0.15) is 43.5 Å². The van der Waals surface area contributed by atoms with Gasteiger partial charge < -0.3 is 14.6 Å². The van der Waals surface area contributed by atoms with Crippen LogP contribution in [0.25, 0.3) is 22.3 Å². The zero-order chi connectivity index (χ0) is 25.3. The van der Waals surface area contributed by atoms with Gasteiger partial charge in [-0.25, -0.2) is 9.37 Å². The highest BCUT2D eigenvalue weighted by molar-refractivity contribution is 6.14. The van der Waals surface area contributed by atoms with E-state index in [9.17, 15) is 4.39 Å². The molecule has 187 valence electrons. The van der Waals surface area contributed by atoms with Crippen LogP contribution in [-0.4, -0.2) is 51.0 Å². The van der Waals surface area contributed by atoms with Crippen LogP contribution in [0.5, 0.6) is 0 Å². The Balaban J connectivity index is 1.26. The molecule has 2 aromatic heterocycles. The average Bonchev–Trinajstić information content (AvgIpc) is 3.67. The highest BCUT2D eigenvalue weighted by Gasteiger charge is 2.36. The van der Waals surface area contributed by atoms with E-state index in [1.165, 1.54) is 11.1 Å². The average molecular weight is 494 g/mol. The van der Waals surface area contributed by atoms with Gasteiger partial charge >= 0.3 is 0 Å². The lowest BCUT2D eigenvalue weighted by Crippen LogP contribution is -2.57. The molecule has 0 amide bonds. The number of nitrogens with zero attached hydrogens (tertiary/aromatic N) is 5. The van der Waals surface area contributed by atoms with Crippen molar-refractivity contribution < 1.29 is 4.39 Å². The molecule has 1 N–H and O–H groups in total. The maximum Gasteiger partial charge on any atom is 0.173 e. The zero-order valence-corrected chi connectivity index (χ0v) is 21.4. The van der Waals surface area contributed by atoms with E-state index in [1.807, 2.05) is 19.3 Å². The molecule has 5 aliphatic rings. The molecule has 0 spiro atoms. The van der Waals surface area contributed by atoms with Crippen molar-refractivity contribution >= 4 is 22.8 Å². The summed E-state index contributed by atoms with van der Waals surface area (Å²) in [6, 6.07) is 8.82. The van der Waals surface area contributed by atoms with Gasteiger partial charge in [-0.2, -0.15) is 5.10 Å². The first-order chi connectivity index (χ1) is 18.0. The van der Waals surface area contributed by atoms with Gasteiger partial charge in [-0.05, 0) is 61.1 Å². The molecule has 37 heavy (non-hydrogen) atoms. The lowest BCUT2D eigenvalue weighted by molar-refractivity contribution is 0.239. The number of rotatable bonds is 4. The molecule has 3 aromatic rings. The molecule has 8 rings (SSSR count). The Morgan fingerprint density at radius 3 is 2.70 bits per heavy atom. The number of amidine groups is 1. The Hall–Kier alpha value is -3.58. The third-order valence-corrected chi connectivity index (χ3v) is 7.88. The summed E-state index contributed by atoms with van der Waals surface area (Å²) < 4.78 is 16.6. The molecule has 6 nitrogen and oxygen atoms in total. The van der Waals surface area contributed by atoms with Gasteiger partial charge in [0.05, 0.1) is 11.4 Å². The van der Waals surface area contributed by atoms with Crippen LogP contribution in [0, 0.1) is 25.1 Å². The number of nitrogens with one attached hydrogen (secondary N) is 1. The van der Waals surface area contributed by atoms with Gasteiger partial charge in [0.2, 0.25) is 0 Å². The molecule has 1 saturated heterocycles. The zero-order valence-electron chi connectivity index (χ0n) is 21.4. The molecule has 3 atom stereocenters. The highest BCUT2D eigenvalue weighted by atomic mass is 19.1. The number of halogens is 1. The monoisotopic (exact) mass is 493 g/mol. The molecule has 1 aromatic carbocycles. The molecule has 2 bridgehead atoms. The van der Waals surface area contributed by atoms with Crippen molar-refractivity contribution in [3.8, 4) is 11.1 Å². The maximum absolute atomic E-state index is 14.8. The number of pyridine rings is 1. The number of hydrogen-bond donors (Lipinski definition) is 1. The Morgan fingerprint density at radius 1 is 1.08 bits per heavy atom. The van der Waals surface area contributed by atoms with Gasteiger partial charge in [-0.15, -0.1) is 5.10 Å². The largest absolute Gasteiger partial charge is 0.352 e. The minimum absolute atomic E-state index is 0.269. The fourth-order valence-corrected chi connectivity index (χ4v) is 5.89. The van der Waals surface area contributed by atoms with Crippen molar-refractivity contribution in [2.45, 2.75) is 45.7 Å². The summed E-state index contributed by atoms with van der Waals surface area (Å²) >= 11 is 0. The molecule has 2 unspecified atom stereocenters. The Kier molecular flexibility index (Phi) is 5.18. The normalized spacial score (nSPS) is 24.6. The molecular weight excluding hydrogens is 463 g/mol. The fraction of sp³-hybridized carbons (Fsp3) is 0.333. The van der Waals surface area contributed by atoms with Crippen molar-refractivity contribution in [3.05, 3.63) is 83.4 Å². The van der Waals surface area contributed by atoms with Crippen LogP contribution in [0.4, 0.5) is 4.39 Å². The quantitative estimate of drug-likeness (QED) is 0.545. The summed E-state index contributed by atoms with van der Waals surface area (Å²) in [5, 5.41) is 13.4. The minimum Gasteiger partial charge on any atom is -0.352 e. The summed E-state index contributed by atoms with van der Waals surface area (Å²) in [6.07, 6.45) is 12.4. The molecule has 0 saturated carbocycles. The van der Waals surface area contributed by atoms with Crippen LogP contribution >= 0.6 is 0 Å². The second-order valence-electron chi connectivity index (χ2n) is 10.7. The summed E-state index contributed by atoms with van der Waals surface area (Å²) in [5.74, 6) is 0.987. The summed E-state index contributed by atoms with van der Waals surface area (Å²) in [5.41, 5.74) is 8.69. The Morgan fingerprint density at radius 2 is 1.92 bits per heavy atom. The standard InChI is InChI=1S/C30H30FN6/c1-4-24-16-37(13-17(2)32-24)29-22-9-21(10-22)28(34-35-29)25-8-7-20(11-26(25)19-5-6-19)23-12-27(31)30-33-18(3)14-36(30)15-23/h5-9,11-12,14-15,17,21,24,32H,4,10,13,16H2,1-3H3/t17-,21?,24?/m1/s1. The molecule has 2 aliphatic carbocycles. The lowest BCUT2D eigenvalue weighted by Gasteiger charge is -2.40. The van der Waals surface area contributed by atoms with E-state index in [0.717, 1.165) is 65.4 Å². The van der Waals surface area contributed by atoms with Gasteiger partial charge in [-0.1, -0.05) is 31.2 Å². The number of aromatic nitrogens is 2. The number of imidazole rings is 1. The van der Waals surface area contributed by atoms with Gasteiger partial charge in [0.25, 0.3) is 0 Å². The molecule has 3 aliphatic heterocycles. The summed E-state index contributed by atoms with van der Waals surface area (Å²) in [6.45, 7) is 8.26. The number of fused-ring (bicyclic) bond motifs is 2. The third-order valence-electron chi connectivity index (χ3n) is 7.88. The number of piperazine rings is 1. The van der Waals surface area contributed by atoms with Crippen LogP contribution in [0.2, 0.25) is 0 Å². The van der Waals surface area contributed by atoms with Crippen molar-refractivity contribution in [3.63, 3.8) is 0 Å². The first-order valence-electron chi connectivity index (χ1n) is 13.2. The van der Waals surface area contributed by atoms with E-state index in [2.05, 4.69) is 65.8 Å². The molecule has 7 heteroatoms. The van der Waals surface area contributed by atoms with Gasteiger partial charge in [0, 0.05) is 61.0 Å². The SMILES string of the molecule is CCC1CN(C2=NN=C(c3ccc(-c4cc(F)c5nc(C)cn5c4)cc3C3=C[CH]3)C3C=C2C3)C[C@@H](C)N1. The van der Waals surface area contributed by atoms with E-state index >= 15 is 0 Å². The van der Waals surface area contributed by atoms with Crippen molar-refractivity contribution in [2.24, 2.45) is 16.1 Å². The van der Waals surface area contributed by atoms with Crippen LogP contribution in [-0.2, 0) is 0 Å². The van der Waals surface area contributed by atoms with E-state index in [4.69, 9.17) is 10.2 Å². The van der Waals surface area contributed by atoms with E-state index in [-0.39, 0.29) is 11.7 Å². The first-order valence-corrected chi connectivity index (χ1v) is 13.2. The van der Waals surface area contributed by atoms with E-state index < -0.39 is 0 Å². The Labute approximate surface area is 216 Å². The second kappa shape index (κ2) is 8.48. The van der Waals surface area contributed by atoms with Crippen LogP contribution < -0.4 is 5.32 Å². The van der Waals surface area contributed by atoms with Gasteiger partial charge in [0.15, 0.2) is 17.3 Å². The molecule has 1 fully saturated rings. The van der Waals surface area contributed by atoms with E-state index in [1.54, 1.807) is 10.5 Å². The number of hydrogen-bond acceptors (Lipinski definition) is 5. The van der Waals surface area contributed by atoms with Gasteiger partial charge in [-0.3, -0.25) is 0 Å². The number of benzene rings is 1. The second-order valence-corrected chi connectivity index (χ2v) is 10.7. The summed E-state index contributed by atoms with van der Waals surface area (Å²) in [4.78, 5) is 6.70. The van der Waals surface area contributed by atoms with Crippen molar-refractivity contribution in [1.29, 1.82) is 0 Å². The van der Waals surface area contributed by atoms with Crippen molar-refractivity contribution in [1.82, 2.24) is 19.6 Å². The van der Waals surface area contributed by atoms with E-state index in [0.29, 0.717) is 17.7 Å². The van der Waals surface area contributed by atoms with Crippen molar-refractivity contribution in [2.75, 3.05) is 13.1 Å². The lowest BCUT2D eigenvalue weighted by atomic mass is 9.78. The van der Waals surface area contributed by atoms with Crippen LogP contribution in [0.15, 0.2) is 64.6 Å². The fourth-order valence-electron chi connectivity index (χ4n) is 5.89. The highest BCUT2D eigenvalue weighted by Crippen LogP contribution is 2.40. The smallest absolute Gasteiger partial charge is 0.173 e. The van der Waals surface area contributed by atoms with Gasteiger partial charge in [0.1, 0.15) is 0 Å². The summed E-state index contributed by atoms with van der Waals surface area (Å²) in [7, 11) is 0. The number of allylic oxidation sites excluding steroid dienone is 3. The molecular formula is C30H30FN6. The van der Waals surface area contributed by atoms with Crippen LogP contribution in [0.3, 0.4) is 0 Å². The predicted octanol–water partition coefficient (Wildman–Crippen LogP) is 5.18.